The van der Waals surface area contributed by atoms with E-state index >= 15 is 0 Å². The Morgan fingerprint density at radius 3 is 2.52 bits per heavy atom. The van der Waals surface area contributed by atoms with Crippen LogP contribution in [0.25, 0.3) is 0 Å². The molecule has 1 aromatic carbocycles. The van der Waals surface area contributed by atoms with E-state index in [1.165, 1.54) is 13.3 Å². The molecular formula is C17H22Cl2N2O2. The van der Waals surface area contributed by atoms with Crippen LogP contribution in [0.3, 0.4) is 0 Å². The van der Waals surface area contributed by atoms with Crippen LogP contribution in [0.5, 0.6) is 0 Å². The van der Waals surface area contributed by atoms with Gasteiger partial charge in [-0.15, -0.1) is 0 Å². The van der Waals surface area contributed by atoms with Gasteiger partial charge in [-0.1, -0.05) is 42.5 Å². The van der Waals surface area contributed by atoms with Crippen molar-refractivity contribution in [3.05, 3.63) is 28.2 Å². The van der Waals surface area contributed by atoms with Gasteiger partial charge in [0.2, 0.25) is 11.8 Å². The number of anilines is 1. The molecule has 0 saturated heterocycles. The first-order valence-corrected chi connectivity index (χ1v) is 8.75. The number of hydrogen-bond donors (Lipinski definition) is 1. The summed E-state index contributed by atoms with van der Waals surface area (Å²) in [5, 5.41) is 3.88. The second kappa shape index (κ2) is 8.55. The zero-order valence-electron chi connectivity index (χ0n) is 13.3. The Balaban J connectivity index is 1.92. The van der Waals surface area contributed by atoms with E-state index in [4.69, 9.17) is 23.2 Å². The summed E-state index contributed by atoms with van der Waals surface area (Å²) in [5.41, 5.74) is 0.607. The molecule has 1 N–H and O–H groups in total. The molecule has 0 aliphatic heterocycles. The molecule has 0 atom stereocenters. The van der Waals surface area contributed by atoms with Gasteiger partial charge in [0.1, 0.15) is 0 Å². The van der Waals surface area contributed by atoms with Crippen molar-refractivity contribution in [2.75, 3.05) is 18.0 Å². The number of halogens is 2. The normalized spacial score (nSPS) is 15.3. The van der Waals surface area contributed by atoms with Crippen molar-refractivity contribution in [2.45, 2.75) is 39.0 Å². The maximum absolute atomic E-state index is 12.1. The predicted molar refractivity (Wildman–Crippen MR) is 94.1 cm³/mol. The average molecular weight is 357 g/mol. The second-order valence-electron chi connectivity index (χ2n) is 5.89. The first-order valence-electron chi connectivity index (χ1n) is 8.00. The third kappa shape index (κ3) is 5.11. The lowest BCUT2D eigenvalue weighted by atomic mass is 9.89. The predicted octanol–water partition coefficient (Wildman–Crippen LogP) is 4.04. The van der Waals surface area contributed by atoms with E-state index in [9.17, 15) is 9.59 Å². The standard InChI is InChI=1S/C17H22Cl2N2O2/c1-12(22)21(16-8-7-14(18)11-15(16)19)10-9-20-17(23)13-5-3-2-4-6-13/h7-8,11,13H,2-6,9-10H2,1H3,(H,20,23). The van der Waals surface area contributed by atoms with Crippen molar-refractivity contribution < 1.29 is 9.59 Å². The topological polar surface area (TPSA) is 49.4 Å². The minimum absolute atomic E-state index is 0.0930. The quantitative estimate of drug-likeness (QED) is 0.865. The number of benzene rings is 1. The molecule has 23 heavy (non-hydrogen) atoms. The maximum atomic E-state index is 12.1. The Morgan fingerprint density at radius 1 is 1.22 bits per heavy atom. The summed E-state index contributed by atoms with van der Waals surface area (Å²) in [7, 11) is 0. The lowest BCUT2D eigenvalue weighted by Gasteiger charge is -2.24. The fourth-order valence-electron chi connectivity index (χ4n) is 2.95. The summed E-state index contributed by atoms with van der Waals surface area (Å²) in [5.74, 6) is 0.0881. The fourth-order valence-corrected chi connectivity index (χ4v) is 3.46. The molecule has 6 heteroatoms. The van der Waals surface area contributed by atoms with Crippen LogP contribution in [0.1, 0.15) is 39.0 Å². The molecule has 0 unspecified atom stereocenters. The molecule has 1 aliphatic rings. The van der Waals surface area contributed by atoms with Gasteiger partial charge in [0, 0.05) is 31.0 Å². The van der Waals surface area contributed by atoms with Crippen LogP contribution in [-0.2, 0) is 9.59 Å². The number of rotatable bonds is 5. The Kier molecular flexibility index (Phi) is 6.72. The first kappa shape index (κ1) is 18.1. The zero-order valence-corrected chi connectivity index (χ0v) is 14.8. The highest BCUT2D eigenvalue weighted by atomic mass is 35.5. The van der Waals surface area contributed by atoms with Crippen molar-refractivity contribution in [1.82, 2.24) is 5.32 Å². The van der Waals surface area contributed by atoms with Gasteiger partial charge in [-0.05, 0) is 31.0 Å². The Hall–Kier alpha value is -1.26. The van der Waals surface area contributed by atoms with E-state index in [0.717, 1.165) is 25.7 Å². The molecule has 0 aromatic heterocycles. The van der Waals surface area contributed by atoms with Gasteiger partial charge < -0.3 is 10.2 Å². The molecule has 2 rings (SSSR count). The van der Waals surface area contributed by atoms with E-state index in [2.05, 4.69) is 5.32 Å². The SMILES string of the molecule is CC(=O)N(CCNC(=O)C1CCCCC1)c1ccc(Cl)cc1Cl. The molecule has 0 radical (unpaired) electrons. The van der Waals surface area contributed by atoms with E-state index < -0.39 is 0 Å². The van der Waals surface area contributed by atoms with E-state index in [0.29, 0.717) is 28.8 Å². The summed E-state index contributed by atoms with van der Waals surface area (Å²) in [6, 6.07) is 5.02. The number of carbonyl (C=O) groups excluding carboxylic acids is 2. The maximum Gasteiger partial charge on any atom is 0.223 e. The van der Waals surface area contributed by atoms with E-state index in [1.54, 1.807) is 23.1 Å². The van der Waals surface area contributed by atoms with Crippen LogP contribution < -0.4 is 10.2 Å². The van der Waals surface area contributed by atoms with Gasteiger partial charge in [-0.3, -0.25) is 9.59 Å². The van der Waals surface area contributed by atoms with E-state index in [-0.39, 0.29) is 17.7 Å². The first-order chi connectivity index (χ1) is 11.0. The molecule has 0 bridgehead atoms. The number of hydrogen-bond acceptors (Lipinski definition) is 2. The summed E-state index contributed by atoms with van der Waals surface area (Å²) in [6.07, 6.45) is 5.39. The molecule has 1 fully saturated rings. The lowest BCUT2D eigenvalue weighted by molar-refractivity contribution is -0.126. The number of amides is 2. The van der Waals surface area contributed by atoms with Crippen LogP contribution in [0.4, 0.5) is 5.69 Å². The van der Waals surface area contributed by atoms with Gasteiger partial charge in [0.25, 0.3) is 0 Å². The highest BCUT2D eigenvalue weighted by Gasteiger charge is 2.21. The monoisotopic (exact) mass is 356 g/mol. The summed E-state index contributed by atoms with van der Waals surface area (Å²) in [4.78, 5) is 25.6. The number of nitrogens with one attached hydrogen (secondary N) is 1. The van der Waals surface area contributed by atoms with Crippen LogP contribution in [0, 0.1) is 5.92 Å². The Bertz CT molecular complexity index is 572. The number of carbonyl (C=O) groups is 2. The van der Waals surface area contributed by atoms with Crippen LogP contribution >= 0.6 is 23.2 Å². The van der Waals surface area contributed by atoms with Crippen LogP contribution in [0.15, 0.2) is 18.2 Å². The van der Waals surface area contributed by atoms with Gasteiger partial charge >= 0.3 is 0 Å². The van der Waals surface area contributed by atoms with Crippen LogP contribution in [-0.4, -0.2) is 24.9 Å². The van der Waals surface area contributed by atoms with Gasteiger partial charge in [-0.2, -0.15) is 0 Å². The molecule has 126 valence electrons. The minimum atomic E-state index is -0.124. The zero-order chi connectivity index (χ0) is 16.8. The minimum Gasteiger partial charge on any atom is -0.354 e. The molecule has 1 aromatic rings. The van der Waals surface area contributed by atoms with Crippen molar-refractivity contribution in [1.29, 1.82) is 0 Å². The van der Waals surface area contributed by atoms with Crippen molar-refractivity contribution in [3.63, 3.8) is 0 Å². The van der Waals surface area contributed by atoms with E-state index in [1.807, 2.05) is 0 Å². The van der Waals surface area contributed by atoms with Crippen molar-refractivity contribution in [3.8, 4) is 0 Å². The molecule has 0 heterocycles. The van der Waals surface area contributed by atoms with Crippen molar-refractivity contribution in [2.24, 2.45) is 5.92 Å². The highest BCUT2D eigenvalue weighted by Crippen LogP contribution is 2.29. The van der Waals surface area contributed by atoms with Crippen molar-refractivity contribution >= 4 is 40.7 Å². The second-order valence-corrected chi connectivity index (χ2v) is 6.74. The summed E-state index contributed by atoms with van der Waals surface area (Å²) >= 11 is 12.1. The Labute approximate surface area is 147 Å². The Morgan fingerprint density at radius 2 is 1.91 bits per heavy atom. The van der Waals surface area contributed by atoms with Gasteiger partial charge in [0.05, 0.1) is 10.7 Å². The smallest absolute Gasteiger partial charge is 0.223 e. The lowest BCUT2D eigenvalue weighted by Crippen LogP contribution is -2.40. The molecule has 0 spiro atoms. The largest absolute Gasteiger partial charge is 0.354 e. The summed E-state index contributed by atoms with van der Waals surface area (Å²) in [6.45, 7) is 2.27. The van der Waals surface area contributed by atoms with Crippen LogP contribution in [0.2, 0.25) is 10.0 Å². The molecule has 4 nitrogen and oxygen atoms in total. The molecule has 1 aliphatic carbocycles. The average Bonchev–Trinajstić information content (AvgIpc) is 2.53. The molecule has 2 amide bonds. The number of nitrogens with zero attached hydrogens (tertiary/aromatic N) is 1. The highest BCUT2D eigenvalue weighted by molar-refractivity contribution is 6.36. The third-order valence-corrected chi connectivity index (χ3v) is 4.73. The fraction of sp³-hybridized carbons (Fsp3) is 0.529. The molecule has 1 saturated carbocycles. The van der Waals surface area contributed by atoms with Gasteiger partial charge in [0.15, 0.2) is 0 Å². The summed E-state index contributed by atoms with van der Waals surface area (Å²) < 4.78 is 0. The third-order valence-electron chi connectivity index (χ3n) is 4.19. The van der Waals surface area contributed by atoms with Gasteiger partial charge in [-0.25, -0.2) is 0 Å². The molecular weight excluding hydrogens is 335 g/mol.